The summed E-state index contributed by atoms with van der Waals surface area (Å²) in [4.78, 5) is 17.6. The Morgan fingerprint density at radius 2 is 2.10 bits per heavy atom. The number of rotatable bonds is 4. The maximum absolute atomic E-state index is 11.7. The molecular weight excluding hydrogens is 296 g/mol. The zero-order valence-electron chi connectivity index (χ0n) is 11.8. The molecule has 0 unspecified atom stereocenters. The van der Waals surface area contributed by atoms with Crippen LogP contribution in [0.15, 0.2) is 24.4 Å². The quantitative estimate of drug-likeness (QED) is 0.615. The van der Waals surface area contributed by atoms with Crippen LogP contribution in [0, 0.1) is 0 Å². The molecule has 116 valence electrons. The summed E-state index contributed by atoms with van der Waals surface area (Å²) in [6.45, 7) is 0.524. The third-order valence-electron chi connectivity index (χ3n) is 3.30. The minimum atomic E-state index is -3.60. The fourth-order valence-electron chi connectivity index (χ4n) is 2.23. The Labute approximate surface area is 124 Å². The number of hydrogen-bond acceptors (Lipinski definition) is 6. The lowest BCUT2D eigenvalue weighted by Crippen LogP contribution is -2.38. The molecule has 1 aliphatic rings. The van der Waals surface area contributed by atoms with Gasteiger partial charge in [0, 0.05) is 30.9 Å². The average Bonchev–Trinajstić information content (AvgIpc) is 2.47. The van der Waals surface area contributed by atoms with Crippen LogP contribution in [0.1, 0.15) is 24.5 Å². The Kier molecular flexibility index (Phi) is 5.13. The van der Waals surface area contributed by atoms with Crippen molar-refractivity contribution in [3.63, 3.8) is 0 Å². The standard InChI is InChI=1S/C13H18N2O5S/c1-21(17,18)20-10-19-13(16)15-8-5-11(6-9-15)12-4-2-3-7-14-12/h2-4,7,11H,5-6,8-10H2,1H3. The predicted molar refractivity (Wildman–Crippen MR) is 75.1 cm³/mol. The molecule has 0 atom stereocenters. The normalized spacial score (nSPS) is 16.7. The van der Waals surface area contributed by atoms with Gasteiger partial charge in [0.2, 0.25) is 6.79 Å². The van der Waals surface area contributed by atoms with Crippen LogP contribution in [0.2, 0.25) is 0 Å². The molecule has 0 bridgehead atoms. The van der Waals surface area contributed by atoms with E-state index in [1.807, 2.05) is 18.2 Å². The Hall–Kier alpha value is -1.67. The van der Waals surface area contributed by atoms with E-state index in [0.29, 0.717) is 19.0 Å². The molecule has 0 saturated carbocycles. The molecule has 1 amide bonds. The number of likely N-dealkylation sites (tertiary alicyclic amines) is 1. The number of carbonyl (C=O) groups excluding carboxylic acids is 1. The Morgan fingerprint density at radius 1 is 1.38 bits per heavy atom. The highest BCUT2D eigenvalue weighted by Crippen LogP contribution is 2.26. The largest absolute Gasteiger partial charge is 0.421 e. The second kappa shape index (κ2) is 6.86. The number of amides is 1. The van der Waals surface area contributed by atoms with Crippen molar-refractivity contribution in [3.8, 4) is 0 Å². The summed E-state index contributed by atoms with van der Waals surface area (Å²) in [5, 5.41) is 0. The van der Waals surface area contributed by atoms with Gasteiger partial charge in [0.05, 0.1) is 6.26 Å². The van der Waals surface area contributed by atoms with Crippen molar-refractivity contribution in [1.82, 2.24) is 9.88 Å². The first-order valence-electron chi connectivity index (χ1n) is 6.63. The van der Waals surface area contributed by atoms with Crippen molar-refractivity contribution in [2.45, 2.75) is 18.8 Å². The lowest BCUT2D eigenvalue weighted by Gasteiger charge is -2.30. The fraction of sp³-hybridized carbons (Fsp3) is 0.538. The molecule has 1 saturated heterocycles. The molecular formula is C13H18N2O5S. The molecule has 0 N–H and O–H groups in total. The zero-order valence-corrected chi connectivity index (χ0v) is 12.6. The monoisotopic (exact) mass is 314 g/mol. The molecule has 0 spiro atoms. The topological polar surface area (TPSA) is 85.8 Å². The molecule has 0 aromatic carbocycles. The van der Waals surface area contributed by atoms with Gasteiger partial charge >= 0.3 is 6.09 Å². The Morgan fingerprint density at radius 3 is 2.67 bits per heavy atom. The van der Waals surface area contributed by atoms with Gasteiger partial charge in [-0.1, -0.05) is 6.07 Å². The molecule has 1 fully saturated rings. The number of ether oxygens (including phenoxy) is 1. The second-order valence-electron chi connectivity index (χ2n) is 4.87. The lowest BCUT2D eigenvalue weighted by atomic mass is 9.93. The molecule has 1 aromatic rings. The van der Waals surface area contributed by atoms with Gasteiger partial charge < -0.3 is 9.64 Å². The average molecular weight is 314 g/mol. The maximum atomic E-state index is 11.7. The number of aromatic nitrogens is 1. The van der Waals surface area contributed by atoms with E-state index in [4.69, 9.17) is 4.74 Å². The molecule has 0 radical (unpaired) electrons. The molecule has 21 heavy (non-hydrogen) atoms. The highest BCUT2D eigenvalue weighted by Gasteiger charge is 2.25. The molecule has 7 nitrogen and oxygen atoms in total. The van der Waals surface area contributed by atoms with Gasteiger partial charge in [-0.3, -0.25) is 4.98 Å². The van der Waals surface area contributed by atoms with E-state index in [9.17, 15) is 13.2 Å². The number of carbonyl (C=O) groups is 1. The van der Waals surface area contributed by atoms with Crippen molar-refractivity contribution >= 4 is 16.2 Å². The van der Waals surface area contributed by atoms with Gasteiger partial charge in [-0.15, -0.1) is 0 Å². The molecule has 1 aliphatic heterocycles. The van der Waals surface area contributed by atoms with Gasteiger partial charge in [-0.05, 0) is 25.0 Å². The number of hydrogen-bond donors (Lipinski definition) is 0. The summed E-state index contributed by atoms with van der Waals surface area (Å²) in [7, 11) is -3.60. The Balaban J connectivity index is 1.77. The van der Waals surface area contributed by atoms with Crippen molar-refractivity contribution < 1.29 is 22.1 Å². The highest BCUT2D eigenvalue weighted by atomic mass is 32.2. The molecule has 8 heteroatoms. The molecule has 1 aromatic heterocycles. The third-order valence-corrected chi connectivity index (χ3v) is 3.83. The van der Waals surface area contributed by atoms with Crippen LogP contribution in [-0.4, -0.2) is 50.5 Å². The zero-order chi connectivity index (χ0) is 15.3. The van der Waals surface area contributed by atoms with Crippen molar-refractivity contribution in [2.24, 2.45) is 0 Å². The van der Waals surface area contributed by atoms with Crippen LogP contribution in [-0.2, 0) is 19.0 Å². The second-order valence-corrected chi connectivity index (χ2v) is 6.51. The predicted octanol–water partition coefficient (Wildman–Crippen LogP) is 1.33. The smallest absolute Gasteiger partial charge is 0.411 e. The van der Waals surface area contributed by atoms with E-state index in [1.54, 1.807) is 11.1 Å². The number of pyridine rings is 1. The first-order chi connectivity index (χ1) is 9.96. The first-order valence-corrected chi connectivity index (χ1v) is 8.44. The van der Waals surface area contributed by atoms with E-state index in [2.05, 4.69) is 9.17 Å². The molecule has 2 rings (SSSR count). The number of nitrogens with zero attached hydrogens (tertiary/aromatic N) is 2. The summed E-state index contributed by atoms with van der Waals surface area (Å²) < 4.78 is 30.7. The third kappa shape index (κ3) is 4.98. The van der Waals surface area contributed by atoms with Gasteiger partial charge in [0.25, 0.3) is 10.1 Å². The SMILES string of the molecule is CS(=O)(=O)OCOC(=O)N1CCC(c2ccccn2)CC1. The van der Waals surface area contributed by atoms with Gasteiger partial charge in [-0.25, -0.2) is 8.98 Å². The van der Waals surface area contributed by atoms with Gasteiger partial charge in [-0.2, -0.15) is 8.42 Å². The van der Waals surface area contributed by atoms with E-state index < -0.39 is 23.0 Å². The summed E-state index contributed by atoms with van der Waals surface area (Å²) in [5.41, 5.74) is 1.03. The Bertz CT molecular complexity index is 567. The summed E-state index contributed by atoms with van der Waals surface area (Å²) in [5.74, 6) is 0.336. The van der Waals surface area contributed by atoms with Crippen LogP contribution in [0.3, 0.4) is 0 Å². The summed E-state index contributed by atoms with van der Waals surface area (Å²) >= 11 is 0. The van der Waals surface area contributed by atoms with Crippen LogP contribution >= 0.6 is 0 Å². The van der Waals surface area contributed by atoms with E-state index in [1.165, 1.54) is 0 Å². The van der Waals surface area contributed by atoms with Crippen LogP contribution in [0.4, 0.5) is 4.79 Å². The maximum Gasteiger partial charge on any atom is 0.411 e. The minimum absolute atomic E-state index is 0.336. The van der Waals surface area contributed by atoms with Crippen LogP contribution in [0.25, 0.3) is 0 Å². The summed E-state index contributed by atoms with van der Waals surface area (Å²) in [6, 6.07) is 5.81. The van der Waals surface area contributed by atoms with Crippen molar-refractivity contribution in [1.29, 1.82) is 0 Å². The van der Waals surface area contributed by atoms with Crippen LogP contribution < -0.4 is 0 Å². The van der Waals surface area contributed by atoms with Gasteiger partial charge in [0.15, 0.2) is 0 Å². The fourth-order valence-corrected chi connectivity index (χ4v) is 2.45. The lowest BCUT2D eigenvalue weighted by molar-refractivity contribution is 0.0341. The van der Waals surface area contributed by atoms with E-state index in [0.717, 1.165) is 24.8 Å². The van der Waals surface area contributed by atoms with Crippen molar-refractivity contribution in [2.75, 3.05) is 26.1 Å². The van der Waals surface area contributed by atoms with Crippen molar-refractivity contribution in [3.05, 3.63) is 30.1 Å². The summed E-state index contributed by atoms with van der Waals surface area (Å²) in [6.07, 6.45) is 3.72. The minimum Gasteiger partial charge on any atom is -0.421 e. The van der Waals surface area contributed by atoms with Gasteiger partial charge in [0.1, 0.15) is 0 Å². The number of piperidine rings is 1. The van der Waals surface area contributed by atoms with E-state index >= 15 is 0 Å². The van der Waals surface area contributed by atoms with Crippen LogP contribution in [0.5, 0.6) is 0 Å². The van der Waals surface area contributed by atoms with E-state index in [-0.39, 0.29) is 0 Å². The molecule has 0 aliphatic carbocycles. The highest BCUT2D eigenvalue weighted by molar-refractivity contribution is 7.85. The first kappa shape index (κ1) is 15.7. The molecule has 2 heterocycles.